The second-order valence-electron chi connectivity index (χ2n) is 8.03. The molecule has 33 heavy (non-hydrogen) atoms. The van der Waals surface area contributed by atoms with Crippen molar-refractivity contribution in [3.63, 3.8) is 0 Å². The van der Waals surface area contributed by atoms with Gasteiger partial charge in [0.05, 0.1) is 19.2 Å². The van der Waals surface area contributed by atoms with E-state index in [0.29, 0.717) is 33.1 Å². The molecule has 0 aliphatic heterocycles. The molecule has 7 nitrogen and oxygen atoms in total. The van der Waals surface area contributed by atoms with Gasteiger partial charge in [-0.3, -0.25) is 18.7 Å². The minimum Gasteiger partial charge on any atom is -0.496 e. The van der Waals surface area contributed by atoms with Crippen molar-refractivity contribution < 1.29 is 9.53 Å². The molecule has 0 unspecified atom stereocenters. The third kappa shape index (κ3) is 4.61. The maximum atomic E-state index is 13.3. The number of nitrogens with one attached hydrogen (secondary N) is 1. The number of para-hydroxylation sites is 1. The molecule has 2 aromatic heterocycles. The number of thiophene rings is 1. The summed E-state index contributed by atoms with van der Waals surface area (Å²) in [5, 5.41) is 4.59. The van der Waals surface area contributed by atoms with Gasteiger partial charge in [0.1, 0.15) is 17.0 Å². The molecular weight excluding hydrogens is 438 g/mol. The Balaban J connectivity index is 1.67. The van der Waals surface area contributed by atoms with E-state index in [1.54, 1.807) is 30.7 Å². The predicted molar refractivity (Wildman–Crippen MR) is 132 cm³/mol. The molecule has 1 N–H and O–H groups in total. The molecule has 0 aliphatic carbocycles. The molecule has 2 heterocycles. The van der Waals surface area contributed by atoms with Crippen molar-refractivity contribution in [1.82, 2.24) is 9.13 Å². The molecule has 1 amide bonds. The van der Waals surface area contributed by atoms with Gasteiger partial charge in [0.25, 0.3) is 5.56 Å². The van der Waals surface area contributed by atoms with Crippen LogP contribution in [0, 0.1) is 0 Å². The molecule has 4 aromatic rings. The minimum absolute atomic E-state index is 0.0494. The van der Waals surface area contributed by atoms with Gasteiger partial charge in [-0.05, 0) is 41.1 Å². The summed E-state index contributed by atoms with van der Waals surface area (Å²) in [6, 6.07) is 16.6. The van der Waals surface area contributed by atoms with Crippen LogP contribution in [0.25, 0.3) is 10.2 Å². The van der Waals surface area contributed by atoms with Crippen molar-refractivity contribution in [3.05, 3.63) is 91.9 Å². The van der Waals surface area contributed by atoms with E-state index in [2.05, 4.69) is 19.2 Å². The first kappa shape index (κ1) is 22.5. The Morgan fingerprint density at radius 1 is 1.03 bits per heavy atom. The molecular formula is C25H25N3O4S. The summed E-state index contributed by atoms with van der Waals surface area (Å²) in [5.74, 6) is 0.637. The molecule has 0 atom stereocenters. The van der Waals surface area contributed by atoms with Crippen molar-refractivity contribution in [2.24, 2.45) is 0 Å². The Hall–Kier alpha value is -3.65. The van der Waals surface area contributed by atoms with E-state index in [1.807, 2.05) is 36.4 Å². The molecule has 0 saturated heterocycles. The number of methoxy groups -OCH3 is 1. The average Bonchev–Trinajstić information content (AvgIpc) is 3.30. The Morgan fingerprint density at radius 3 is 2.45 bits per heavy atom. The summed E-state index contributed by atoms with van der Waals surface area (Å²) in [6.07, 6.45) is 0. The van der Waals surface area contributed by atoms with E-state index >= 15 is 0 Å². The number of hydrogen-bond acceptors (Lipinski definition) is 5. The number of carbonyl (C=O) groups excluding carboxylic acids is 1. The zero-order valence-corrected chi connectivity index (χ0v) is 19.5. The van der Waals surface area contributed by atoms with Crippen molar-refractivity contribution in [1.29, 1.82) is 0 Å². The number of amides is 1. The van der Waals surface area contributed by atoms with Crippen molar-refractivity contribution in [2.45, 2.75) is 32.9 Å². The Labute approximate surface area is 194 Å². The summed E-state index contributed by atoms with van der Waals surface area (Å²) in [4.78, 5) is 39.2. The lowest BCUT2D eigenvalue weighted by Gasteiger charge is -2.14. The van der Waals surface area contributed by atoms with Crippen LogP contribution in [0.4, 0.5) is 5.69 Å². The largest absolute Gasteiger partial charge is 0.496 e. The van der Waals surface area contributed by atoms with Gasteiger partial charge in [0.15, 0.2) is 0 Å². The fraction of sp³-hybridized carbons (Fsp3) is 0.240. The number of ether oxygens (including phenoxy) is 1. The summed E-state index contributed by atoms with van der Waals surface area (Å²) >= 11 is 1.25. The number of carbonyl (C=O) groups is 1. The van der Waals surface area contributed by atoms with Crippen molar-refractivity contribution in [2.75, 3.05) is 12.4 Å². The highest BCUT2D eigenvalue weighted by atomic mass is 32.1. The second kappa shape index (κ2) is 9.46. The number of nitrogens with zero attached hydrogens (tertiary/aromatic N) is 2. The first-order valence-electron chi connectivity index (χ1n) is 10.6. The SMILES string of the molecule is COc1ccccc1Cn1c(=O)c2sccc2n(CC(=O)Nc2ccc(C(C)C)cc2)c1=O. The van der Waals surface area contributed by atoms with Crippen LogP contribution >= 0.6 is 11.3 Å². The molecule has 8 heteroatoms. The van der Waals surface area contributed by atoms with Gasteiger partial charge in [-0.15, -0.1) is 11.3 Å². The Morgan fingerprint density at radius 2 is 1.76 bits per heavy atom. The van der Waals surface area contributed by atoms with E-state index in [9.17, 15) is 14.4 Å². The Kier molecular flexibility index (Phi) is 6.46. The third-order valence-electron chi connectivity index (χ3n) is 5.52. The highest BCUT2D eigenvalue weighted by Crippen LogP contribution is 2.20. The van der Waals surface area contributed by atoms with Gasteiger partial charge in [-0.1, -0.05) is 44.2 Å². The van der Waals surface area contributed by atoms with Gasteiger partial charge >= 0.3 is 5.69 Å². The van der Waals surface area contributed by atoms with Gasteiger partial charge in [-0.2, -0.15) is 0 Å². The number of hydrogen-bond donors (Lipinski definition) is 1. The molecule has 0 radical (unpaired) electrons. The lowest BCUT2D eigenvalue weighted by molar-refractivity contribution is -0.116. The molecule has 4 rings (SSSR count). The highest BCUT2D eigenvalue weighted by Gasteiger charge is 2.18. The van der Waals surface area contributed by atoms with Crippen molar-refractivity contribution in [3.8, 4) is 5.75 Å². The summed E-state index contributed by atoms with van der Waals surface area (Å²) in [5.41, 5.74) is 2.07. The van der Waals surface area contributed by atoms with Crippen LogP contribution in [0.5, 0.6) is 5.75 Å². The fourth-order valence-corrected chi connectivity index (χ4v) is 4.57. The standard InChI is InChI=1S/C25H25N3O4S/c1-16(2)17-8-10-19(11-9-17)26-22(29)15-27-20-12-13-33-23(20)24(30)28(25(27)31)14-18-6-4-5-7-21(18)32-3/h4-13,16H,14-15H2,1-3H3,(H,26,29). The molecule has 170 valence electrons. The van der Waals surface area contributed by atoms with Crippen LogP contribution < -0.4 is 21.3 Å². The minimum atomic E-state index is -0.540. The number of benzene rings is 2. The van der Waals surface area contributed by atoms with Crippen LogP contribution in [0.1, 0.15) is 30.9 Å². The monoisotopic (exact) mass is 463 g/mol. The van der Waals surface area contributed by atoms with E-state index in [4.69, 9.17) is 4.74 Å². The van der Waals surface area contributed by atoms with Gasteiger partial charge in [0, 0.05) is 11.3 Å². The smallest absolute Gasteiger partial charge is 0.332 e. The number of aromatic nitrogens is 2. The Bertz CT molecular complexity index is 1410. The summed E-state index contributed by atoms with van der Waals surface area (Å²) < 4.78 is 8.30. The van der Waals surface area contributed by atoms with E-state index in [-0.39, 0.29) is 24.6 Å². The van der Waals surface area contributed by atoms with Gasteiger partial charge in [0.2, 0.25) is 5.91 Å². The maximum Gasteiger partial charge on any atom is 0.332 e. The number of rotatable bonds is 7. The number of anilines is 1. The quantitative estimate of drug-likeness (QED) is 0.448. The molecule has 0 saturated carbocycles. The van der Waals surface area contributed by atoms with Crippen LogP contribution in [0.2, 0.25) is 0 Å². The lowest BCUT2D eigenvalue weighted by atomic mass is 10.0. The van der Waals surface area contributed by atoms with E-state index in [1.165, 1.54) is 21.5 Å². The zero-order valence-electron chi connectivity index (χ0n) is 18.7. The van der Waals surface area contributed by atoms with Gasteiger partial charge in [-0.25, -0.2) is 4.79 Å². The third-order valence-corrected chi connectivity index (χ3v) is 6.41. The summed E-state index contributed by atoms with van der Waals surface area (Å²) in [6.45, 7) is 4.05. The van der Waals surface area contributed by atoms with Crippen LogP contribution in [0.15, 0.2) is 69.6 Å². The van der Waals surface area contributed by atoms with Crippen molar-refractivity contribution >= 4 is 33.1 Å². The molecule has 2 aromatic carbocycles. The first-order chi connectivity index (χ1) is 15.9. The normalized spacial score (nSPS) is 11.2. The topological polar surface area (TPSA) is 82.3 Å². The predicted octanol–water partition coefficient (Wildman–Crippen LogP) is 4.04. The molecule has 0 aliphatic rings. The summed E-state index contributed by atoms with van der Waals surface area (Å²) in [7, 11) is 1.54. The molecule has 0 fully saturated rings. The number of fused-ring (bicyclic) bond motifs is 1. The zero-order chi connectivity index (χ0) is 23.5. The first-order valence-corrected chi connectivity index (χ1v) is 11.5. The van der Waals surface area contributed by atoms with Crippen LogP contribution in [-0.4, -0.2) is 22.2 Å². The second-order valence-corrected chi connectivity index (χ2v) is 8.95. The van der Waals surface area contributed by atoms with Crippen LogP contribution in [0.3, 0.4) is 0 Å². The molecule has 0 spiro atoms. The van der Waals surface area contributed by atoms with Gasteiger partial charge < -0.3 is 10.1 Å². The van der Waals surface area contributed by atoms with E-state index in [0.717, 1.165) is 4.57 Å². The fourth-order valence-electron chi connectivity index (χ4n) is 3.72. The molecule has 0 bridgehead atoms. The van der Waals surface area contributed by atoms with E-state index < -0.39 is 5.69 Å². The maximum absolute atomic E-state index is 13.3. The highest BCUT2D eigenvalue weighted by molar-refractivity contribution is 7.17. The average molecular weight is 464 g/mol. The lowest BCUT2D eigenvalue weighted by Crippen LogP contribution is -2.41. The van der Waals surface area contributed by atoms with Crippen LogP contribution in [-0.2, 0) is 17.9 Å².